The minimum absolute atomic E-state index is 0.0621. The molecule has 1 heterocycles. The van der Waals surface area contributed by atoms with Crippen LogP contribution in [0.15, 0.2) is 30.3 Å². The van der Waals surface area contributed by atoms with Crippen LogP contribution in [0.2, 0.25) is 0 Å². The lowest BCUT2D eigenvalue weighted by Gasteiger charge is -2.41. The predicted molar refractivity (Wildman–Crippen MR) is 79.0 cm³/mol. The molecule has 1 aliphatic rings. The molecular formula is C16H26N2O. The summed E-state index contributed by atoms with van der Waals surface area (Å²) >= 11 is 0. The maximum absolute atomic E-state index is 6.41. The van der Waals surface area contributed by atoms with Gasteiger partial charge in [0.1, 0.15) is 0 Å². The van der Waals surface area contributed by atoms with E-state index in [1.807, 2.05) is 13.2 Å². The van der Waals surface area contributed by atoms with Gasteiger partial charge in [-0.2, -0.15) is 0 Å². The summed E-state index contributed by atoms with van der Waals surface area (Å²) in [5.41, 5.74) is 7.62. The quantitative estimate of drug-likeness (QED) is 0.905. The van der Waals surface area contributed by atoms with E-state index >= 15 is 0 Å². The van der Waals surface area contributed by atoms with Crippen LogP contribution in [0.4, 0.5) is 0 Å². The number of methoxy groups -OCH3 is 1. The number of nitrogens with two attached hydrogens (primary N) is 1. The lowest BCUT2D eigenvalue weighted by Crippen LogP contribution is -2.50. The van der Waals surface area contributed by atoms with E-state index in [1.54, 1.807) is 0 Å². The molecule has 0 amide bonds. The molecule has 3 nitrogen and oxygen atoms in total. The monoisotopic (exact) mass is 262 g/mol. The van der Waals surface area contributed by atoms with Crippen molar-refractivity contribution < 1.29 is 4.74 Å². The first-order chi connectivity index (χ1) is 9.13. The number of nitrogens with zero attached hydrogens (tertiary/aromatic N) is 1. The van der Waals surface area contributed by atoms with Gasteiger partial charge in [-0.3, -0.25) is 4.90 Å². The van der Waals surface area contributed by atoms with Crippen molar-refractivity contribution in [3.63, 3.8) is 0 Å². The summed E-state index contributed by atoms with van der Waals surface area (Å²) in [4.78, 5) is 2.46. The van der Waals surface area contributed by atoms with Gasteiger partial charge in [0.2, 0.25) is 0 Å². The fourth-order valence-corrected chi connectivity index (χ4v) is 2.92. The van der Waals surface area contributed by atoms with Crippen LogP contribution in [0, 0.1) is 5.92 Å². The van der Waals surface area contributed by atoms with Gasteiger partial charge in [0.15, 0.2) is 0 Å². The van der Waals surface area contributed by atoms with E-state index in [0.29, 0.717) is 18.1 Å². The third-order valence-electron chi connectivity index (χ3n) is 4.50. The Morgan fingerprint density at radius 1 is 1.32 bits per heavy atom. The van der Waals surface area contributed by atoms with Gasteiger partial charge >= 0.3 is 0 Å². The van der Waals surface area contributed by atoms with Crippen LogP contribution in [-0.2, 0) is 4.74 Å². The Bertz CT molecular complexity index is 382. The zero-order valence-corrected chi connectivity index (χ0v) is 12.3. The smallest absolute Gasteiger partial charge is 0.0724 e. The van der Waals surface area contributed by atoms with Crippen molar-refractivity contribution in [3.05, 3.63) is 35.9 Å². The number of hydrogen-bond donors (Lipinski definition) is 1. The Morgan fingerprint density at radius 3 is 2.63 bits per heavy atom. The van der Waals surface area contributed by atoms with Gasteiger partial charge in [0.05, 0.1) is 6.10 Å². The summed E-state index contributed by atoms with van der Waals surface area (Å²) in [6, 6.07) is 10.8. The van der Waals surface area contributed by atoms with E-state index < -0.39 is 0 Å². The zero-order chi connectivity index (χ0) is 13.8. The van der Waals surface area contributed by atoms with E-state index in [4.69, 9.17) is 10.5 Å². The van der Waals surface area contributed by atoms with Gasteiger partial charge in [-0.1, -0.05) is 37.3 Å². The molecule has 106 valence electrons. The van der Waals surface area contributed by atoms with Crippen LogP contribution in [0.25, 0.3) is 0 Å². The van der Waals surface area contributed by atoms with Crippen molar-refractivity contribution >= 4 is 0 Å². The summed E-state index contributed by atoms with van der Waals surface area (Å²) < 4.78 is 5.59. The molecular weight excluding hydrogens is 236 g/mol. The van der Waals surface area contributed by atoms with Crippen molar-refractivity contribution in [3.8, 4) is 0 Å². The highest BCUT2D eigenvalue weighted by atomic mass is 16.5. The highest BCUT2D eigenvalue weighted by Gasteiger charge is 2.30. The van der Waals surface area contributed by atoms with Crippen molar-refractivity contribution in [2.45, 2.75) is 38.5 Å². The molecule has 1 fully saturated rings. The van der Waals surface area contributed by atoms with Crippen LogP contribution < -0.4 is 5.73 Å². The van der Waals surface area contributed by atoms with E-state index in [0.717, 1.165) is 13.1 Å². The molecule has 4 unspecified atom stereocenters. The third kappa shape index (κ3) is 3.35. The molecule has 1 aliphatic heterocycles. The van der Waals surface area contributed by atoms with Crippen LogP contribution in [-0.4, -0.2) is 37.2 Å². The molecule has 0 radical (unpaired) electrons. The lowest BCUT2D eigenvalue weighted by molar-refractivity contribution is -0.0200. The highest BCUT2D eigenvalue weighted by Crippen LogP contribution is 2.25. The molecule has 1 aromatic carbocycles. The number of piperidine rings is 1. The van der Waals surface area contributed by atoms with Gasteiger partial charge < -0.3 is 10.5 Å². The minimum Gasteiger partial charge on any atom is -0.380 e. The topological polar surface area (TPSA) is 38.5 Å². The van der Waals surface area contributed by atoms with Crippen molar-refractivity contribution in [1.29, 1.82) is 0 Å². The number of hydrogen-bond acceptors (Lipinski definition) is 3. The van der Waals surface area contributed by atoms with Crippen LogP contribution in [0.1, 0.15) is 31.9 Å². The molecule has 0 aliphatic carbocycles. The van der Waals surface area contributed by atoms with E-state index in [-0.39, 0.29) is 6.04 Å². The molecule has 0 bridgehead atoms. The average Bonchev–Trinajstić information content (AvgIpc) is 2.47. The van der Waals surface area contributed by atoms with Gasteiger partial charge in [0, 0.05) is 25.7 Å². The molecule has 1 aromatic rings. The fourth-order valence-electron chi connectivity index (χ4n) is 2.92. The summed E-state index contributed by atoms with van der Waals surface area (Å²) in [5.74, 6) is 0.640. The van der Waals surface area contributed by atoms with E-state index in [1.165, 1.54) is 12.0 Å². The number of rotatable bonds is 4. The number of ether oxygens (including phenoxy) is 1. The molecule has 3 heteroatoms. The Labute approximate surface area is 116 Å². The van der Waals surface area contributed by atoms with E-state index in [9.17, 15) is 0 Å². The maximum Gasteiger partial charge on any atom is 0.0724 e. The SMILES string of the molecule is COC1CN(C(C)C(N)c2ccccc2)CCC1C. The zero-order valence-electron chi connectivity index (χ0n) is 12.3. The second-order valence-electron chi connectivity index (χ2n) is 5.71. The van der Waals surface area contributed by atoms with Gasteiger partial charge in [-0.05, 0) is 31.4 Å². The lowest BCUT2D eigenvalue weighted by atomic mass is 9.92. The Hall–Kier alpha value is -0.900. The normalized spacial score (nSPS) is 28.0. The first-order valence-corrected chi connectivity index (χ1v) is 7.21. The van der Waals surface area contributed by atoms with Gasteiger partial charge in [-0.25, -0.2) is 0 Å². The second-order valence-corrected chi connectivity index (χ2v) is 5.71. The first kappa shape index (κ1) is 14.5. The molecule has 4 atom stereocenters. The second kappa shape index (κ2) is 6.51. The van der Waals surface area contributed by atoms with Crippen molar-refractivity contribution in [2.24, 2.45) is 11.7 Å². The first-order valence-electron chi connectivity index (χ1n) is 7.21. The molecule has 0 saturated carbocycles. The fraction of sp³-hybridized carbons (Fsp3) is 0.625. The molecule has 0 aromatic heterocycles. The Kier molecular flexibility index (Phi) is 4.97. The number of benzene rings is 1. The summed E-state index contributed by atoms with van der Waals surface area (Å²) in [7, 11) is 1.81. The average molecular weight is 262 g/mol. The highest BCUT2D eigenvalue weighted by molar-refractivity contribution is 5.20. The van der Waals surface area contributed by atoms with Crippen LogP contribution in [0.3, 0.4) is 0 Å². The molecule has 19 heavy (non-hydrogen) atoms. The molecule has 0 spiro atoms. The minimum atomic E-state index is 0.0621. The third-order valence-corrected chi connectivity index (χ3v) is 4.50. The standard InChI is InChI=1S/C16H26N2O/c1-12-9-10-18(11-15(12)19-3)13(2)16(17)14-7-5-4-6-8-14/h4-8,12-13,15-16H,9-11,17H2,1-3H3. The summed E-state index contributed by atoms with van der Waals surface area (Å²) in [6.45, 7) is 6.59. The van der Waals surface area contributed by atoms with Gasteiger partial charge in [0.25, 0.3) is 0 Å². The maximum atomic E-state index is 6.41. The molecule has 1 saturated heterocycles. The summed E-state index contributed by atoms with van der Waals surface area (Å²) in [6.07, 6.45) is 1.52. The molecule has 2 rings (SSSR count). The molecule has 2 N–H and O–H groups in total. The predicted octanol–water partition coefficient (Wildman–Crippen LogP) is 2.43. The number of likely N-dealkylation sites (tertiary alicyclic amines) is 1. The van der Waals surface area contributed by atoms with E-state index in [2.05, 4.69) is 43.0 Å². The van der Waals surface area contributed by atoms with Crippen LogP contribution in [0.5, 0.6) is 0 Å². The van der Waals surface area contributed by atoms with Gasteiger partial charge in [-0.15, -0.1) is 0 Å². The summed E-state index contributed by atoms with van der Waals surface area (Å²) in [5, 5.41) is 0. The largest absolute Gasteiger partial charge is 0.380 e. The van der Waals surface area contributed by atoms with Crippen LogP contribution >= 0.6 is 0 Å². The Balaban J connectivity index is 2.01. The van der Waals surface area contributed by atoms with Crippen molar-refractivity contribution in [2.75, 3.05) is 20.2 Å². The Morgan fingerprint density at radius 2 is 2.00 bits per heavy atom. The van der Waals surface area contributed by atoms with Crippen molar-refractivity contribution in [1.82, 2.24) is 4.90 Å².